The SMILES string of the molecule is COc1cc(C2(C(C)(C)N)CC2)on1. The second-order valence-corrected chi connectivity index (χ2v) is 4.54. The van der Waals surface area contributed by atoms with Crippen molar-refractivity contribution in [2.45, 2.75) is 37.6 Å². The fourth-order valence-electron chi connectivity index (χ4n) is 1.91. The summed E-state index contributed by atoms with van der Waals surface area (Å²) >= 11 is 0. The highest BCUT2D eigenvalue weighted by Crippen LogP contribution is 2.55. The van der Waals surface area contributed by atoms with Gasteiger partial charge in [0.25, 0.3) is 5.88 Å². The van der Waals surface area contributed by atoms with E-state index in [0.717, 1.165) is 18.6 Å². The van der Waals surface area contributed by atoms with Crippen LogP contribution in [0.15, 0.2) is 10.6 Å². The predicted octanol–water partition coefficient (Wildman–Crippen LogP) is 1.45. The van der Waals surface area contributed by atoms with Gasteiger partial charge < -0.3 is 15.0 Å². The van der Waals surface area contributed by atoms with Gasteiger partial charge in [0.1, 0.15) is 5.76 Å². The van der Waals surface area contributed by atoms with E-state index < -0.39 is 0 Å². The van der Waals surface area contributed by atoms with Gasteiger partial charge in [-0.05, 0) is 31.8 Å². The van der Waals surface area contributed by atoms with Crippen molar-refractivity contribution >= 4 is 0 Å². The Morgan fingerprint density at radius 1 is 1.57 bits per heavy atom. The Balaban J connectivity index is 2.31. The van der Waals surface area contributed by atoms with E-state index in [1.807, 2.05) is 19.9 Å². The summed E-state index contributed by atoms with van der Waals surface area (Å²) in [5.41, 5.74) is 5.83. The molecule has 4 heteroatoms. The number of hydrogen-bond donors (Lipinski definition) is 1. The van der Waals surface area contributed by atoms with E-state index in [1.54, 1.807) is 7.11 Å². The van der Waals surface area contributed by atoms with Gasteiger partial charge in [-0.1, -0.05) is 0 Å². The van der Waals surface area contributed by atoms with Crippen LogP contribution in [0.4, 0.5) is 0 Å². The quantitative estimate of drug-likeness (QED) is 0.794. The molecule has 1 fully saturated rings. The van der Waals surface area contributed by atoms with Gasteiger partial charge in [-0.2, -0.15) is 0 Å². The van der Waals surface area contributed by atoms with Gasteiger partial charge in [0.15, 0.2) is 0 Å². The number of nitrogens with two attached hydrogens (primary N) is 1. The Labute approximate surface area is 83.4 Å². The summed E-state index contributed by atoms with van der Waals surface area (Å²) in [6.07, 6.45) is 2.13. The Kier molecular flexibility index (Phi) is 1.86. The predicted molar refractivity (Wildman–Crippen MR) is 52.2 cm³/mol. The average molecular weight is 196 g/mol. The average Bonchev–Trinajstić information content (AvgIpc) is 2.79. The third-order valence-electron chi connectivity index (χ3n) is 3.15. The normalized spacial score (nSPS) is 19.4. The second kappa shape index (κ2) is 2.73. The smallest absolute Gasteiger partial charge is 0.254 e. The van der Waals surface area contributed by atoms with Crippen molar-refractivity contribution in [1.82, 2.24) is 5.16 Å². The summed E-state index contributed by atoms with van der Waals surface area (Å²) in [6.45, 7) is 4.05. The highest BCUT2D eigenvalue weighted by molar-refractivity contribution is 5.31. The maximum Gasteiger partial charge on any atom is 0.254 e. The zero-order chi connectivity index (χ0) is 10.4. The lowest BCUT2D eigenvalue weighted by Crippen LogP contribution is -2.45. The van der Waals surface area contributed by atoms with Crippen molar-refractivity contribution in [1.29, 1.82) is 0 Å². The molecule has 0 bridgehead atoms. The molecule has 0 aromatic carbocycles. The summed E-state index contributed by atoms with van der Waals surface area (Å²) in [5.74, 6) is 1.37. The molecule has 0 radical (unpaired) electrons. The summed E-state index contributed by atoms with van der Waals surface area (Å²) in [5, 5.41) is 3.80. The van der Waals surface area contributed by atoms with E-state index in [9.17, 15) is 0 Å². The third-order valence-corrected chi connectivity index (χ3v) is 3.15. The molecule has 0 amide bonds. The topological polar surface area (TPSA) is 61.3 Å². The van der Waals surface area contributed by atoms with Gasteiger partial charge in [0, 0.05) is 17.0 Å². The molecule has 2 N–H and O–H groups in total. The Bertz CT molecular complexity index is 334. The Hall–Kier alpha value is -1.03. The van der Waals surface area contributed by atoms with E-state index in [4.69, 9.17) is 15.0 Å². The lowest BCUT2D eigenvalue weighted by atomic mass is 9.83. The molecule has 4 nitrogen and oxygen atoms in total. The molecule has 0 spiro atoms. The fourth-order valence-corrected chi connectivity index (χ4v) is 1.91. The summed E-state index contributed by atoms with van der Waals surface area (Å²) in [7, 11) is 1.58. The Morgan fingerprint density at radius 3 is 2.57 bits per heavy atom. The van der Waals surface area contributed by atoms with Crippen LogP contribution in [0.3, 0.4) is 0 Å². The first-order valence-corrected chi connectivity index (χ1v) is 4.80. The molecule has 1 saturated carbocycles. The van der Waals surface area contributed by atoms with E-state index in [1.165, 1.54) is 0 Å². The fraction of sp³-hybridized carbons (Fsp3) is 0.700. The first-order valence-electron chi connectivity index (χ1n) is 4.80. The van der Waals surface area contributed by atoms with Crippen molar-refractivity contribution in [2.75, 3.05) is 7.11 Å². The molecule has 2 rings (SSSR count). The van der Waals surface area contributed by atoms with Gasteiger partial charge in [0.2, 0.25) is 0 Å². The maximum absolute atomic E-state index is 6.13. The first-order chi connectivity index (χ1) is 6.49. The van der Waals surface area contributed by atoms with E-state index in [0.29, 0.717) is 5.88 Å². The molecule has 1 aliphatic carbocycles. The van der Waals surface area contributed by atoms with Crippen LogP contribution >= 0.6 is 0 Å². The molecular formula is C10H16N2O2. The van der Waals surface area contributed by atoms with Gasteiger partial charge in [0.05, 0.1) is 7.11 Å². The van der Waals surface area contributed by atoms with E-state index in [-0.39, 0.29) is 11.0 Å². The largest absolute Gasteiger partial charge is 0.479 e. The molecule has 0 aliphatic heterocycles. The van der Waals surface area contributed by atoms with Crippen LogP contribution in [-0.2, 0) is 5.41 Å². The van der Waals surface area contributed by atoms with Crippen LogP contribution in [0, 0.1) is 0 Å². The number of methoxy groups -OCH3 is 1. The van der Waals surface area contributed by atoms with Crippen molar-refractivity contribution in [3.8, 4) is 5.88 Å². The van der Waals surface area contributed by atoms with Crippen LogP contribution in [0.2, 0.25) is 0 Å². The third kappa shape index (κ3) is 1.21. The monoisotopic (exact) mass is 196 g/mol. The van der Waals surface area contributed by atoms with Crippen LogP contribution in [0.25, 0.3) is 0 Å². The molecule has 78 valence electrons. The molecule has 0 unspecified atom stereocenters. The molecule has 1 aromatic heterocycles. The van der Waals surface area contributed by atoms with E-state index in [2.05, 4.69) is 5.16 Å². The summed E-state index contributed by atoms with van der Waals surface area (Å²) in [4.78, 5) is 0. The lowest BCUT2D eigenvalue weighted by molar-refractivity contribution is 0.276. The van der Waals surface area contributed by atoms with E-state index >= 15 is 0 Å². The van der Waals surface area contributed by atoms with Crippen molar-refractivity contribution in [3.05, 3.63) is 11.8 Å². The van der Waals surface area contributed by atoms with Crippen molar-refractivity contribution in [2.24, 2.45) is 5.73 Å². The van der Waals surface area contributed by atoms with Crippen molar-refractivity contribution < 1.29 is 9.26 Å². The summed E-state index contributed by atoms with van der Waals surface area (Å²) < 4.78 is 10.2. The zero-order valence-corrected chi connectivity index (χ0v) is 8.83. The zero-order valence-electron chi connectivity index (χ0n) is 8.83. The highest BCUT2D eigenvalue weighted by atomic mass is 16.5. The number of rotatable bonds is 3. The standard InChI is InChI=1S/C10H16N2O2/c1-9(2,11)10(4-5-10)7-6-8(13-3)12-14-7/h6H,4-5,11H2,1-3H3. The molecule has 1 aromatic rings. The molecule has 1 aliphatic rings. The molecule has 0 saturated heterocycles. The van der Waals surface area contributed by atoms with Gasteiger partial charge >= 0.3 is 0 Å². The first kappa shape index (κ1) is 9.52. The van der Waals surface area contributed by atoms with Crippen LogP contribution in [0.5, 0.6) is 5.88 Å². The number of hydrogen-bond acceptors (Lipinski definition) is 4. The maximum atomic E-state index is 6.13. The number of ether oxygens (including phenoxy) is 1. The minimum Gasteiger partial charge on any atom is -0.479 e. The lowest BCUT2D eigenvalue weighted by Gasteiger charge is -2.28. The Morgan fingerprint density at radius 2 is 2.21 bits per heavy atom. The second-order valence-electron chi connectivity index (χ2n) is 4.54. The highest BCUT2D eigenvalue weighted by Gasteiger charge is 2.56. The minimum atomic E-state index is -0.266. The molecular weight excluding hydrogens is 180 g/mol. The summed E-state index contributed by atoms with van der Waals surface area (Å²) in [6, 6.07) is 1.83. The number of aromatic nitrogens is 1. The molecule has 1 heterocycles. The van der Waals surface area contributed by atoms with Crippen LogP contribution < -0.4 is 10.5 Å². The van der Waals surface area contributed by atoms with Crippen molar-refractivity contribution in [3.63, 3.8) is 0 Å². The minimum absolute atomic E-state index is 0.0310. The number of nitrogens with zero attached hydrogens (tertiary/aromatic N) is 1. The van der Waals surface area contributed by atoms with Gasteiger partial charge in [-0.3, -0.25) is 0 Å². The molecule has 0 atom stereocenters. The van der Waals surface area contributed by atoms with Gasteiger partial charge in [-0.15, -0.1) is 0 Å². The van der Waals surface area contributed by atoms with Gasteiger partial charge in [-0.25, -0.2) is 0 Å². The van der Waals surface area contributed by atoms with Crippen LogP contribution in [0.1, 0.15) is 32.4 Å². The van der Waals surface area contributed by atoms with Crippen LogP contribution in [-0.4, -0.2) is 17.8 Å². The molecule has 14 heavy (non-hydrogen) atoms.